The zero-order chi connectivity index (χ0) is 12.8. The van der Waals surface area contributed by atoms with E-state index in [4.69, 9.17) is 0 Å². The van der Waals surface area contributed by atoms with Gasteiger partial charge < -0.3 is 10.2 Å². The fraction of sp³-hybridized carbons (Fsp3) is 1.00. The van der Waals surface area contributed by atoms with Crippen LogP contribution in [0, 0.1) is 11.3 Å². The topological polar surface area (TPSA) is 15.3 Å². The SMILES string of the molecule is CNCC1(CN(C)CC2CCCCC2)CCCC1. The number of nitrogens with one attached hydrogen (secondary N) is 1. The molecule has 18 heavy (non-hydrogen) atoms. The minimum Gasteiger partial charge on any atom is -0.319 e. The summed E-state index contributed by atoms with van der Waals surface area (Å²) in [5.74, 6) is 0.983. The third kappa shape index (κ3) is 3.96. The van der Waals surface area contributed by atoms with E-state index in [1.807, 2.05) is 0 Å². The summed E-state index contributed by atoms with van der Waals surface area (Å²) in [5.41, 5.74) is 0.582. The average molecular weight is 252 g/mol. The second-order valence-electron chi connectivity index (χ2n) is 6.94. The van der Waals surface area contributed by atoms with Crippen molar-refractivity contribution >= 4 is 0 Å². The van der Waals surface area contributed by atoms with Gasteiger partial charge in [0.1, 0.15) is 0 Å². The lowest BCUT2D eigenvalue weighted by atomic mass is 9.84. The van der Waals surface area contributed by atoms with Gasteiger partial charge in [-0.3, -0.25) is 0 Å². The molecule has 2 aliphatic carbocycles. The lowest BCUT2D eigenvalue weighted by Crippen LogP contribution is -2.42. The summed E-state index contributed by atoms with van der Waals surface area (Å²) in [4.78, 5) is 2.64. The van der Waals surface area contributed by atoms with E-state index in [0.717, 1.165) is 5.92 Å². The van der Waals surface area contributed by atoms with Crippen molar-refractivity contribution in [2.24, 2.45) is 11.3 Å². The minimum atomic E-state index is 0.582. The van der Waals surface area contributed by atoms with Crippen LogP contribution in [0.1, 0.15) is 57.8 Å². The molecule has 0 aliphatic heterocycles. The van der Waals surface area contributed by atoms with Gasteiger partial charge in [0.15, 0.2) is 0 Å². The monoisotopic (exact) mass is 252 g/mol. The van der Waals surface area contributed by atoms with Crippen LogP contribution in [-0.4, -0.2) is 38.6 Å². The molecule has 2 fully saturated rings. The zero-order valence-corrected chi connectivity index (χ0v) is 12.5. The standard InChI is InChI=1S/C16H32N2/c1-17-13-16(10-6-7-11-16)14-18(2)12-15-8-4-3-5-9-15/h15,17H,3-14H2,1-2H3. The highest BCUT2D eigenvalue weighted by Crippen LogP contribution is 2.38. The Hall–Kier alpha value is -0.0800. The van der Waals surface area contributed by atoms with E-state index < -0.39 is 0 Å². The first-order valence-electron chi connectivity index (χ1n) is 8.07. The Bertz CT molecular complexity index is 227. The maximum Gasteiger partial charge on any atom is 0.00472 e. The Morgan fingerprint density at radius 1 is 1.06 bits per heavy atom. The predicted molar refractivity (Wildman–Crippen MR) is 78.9 cm³/mol. The molecule has 2 saturated carbocycles. The third-order valence-corrected chi connectivity index (χ3v) is 5.12. The van der Waals surface area contributed by atoms with Crippen LogP contribution in [0.2, 0.25) is 0 Å². The minimum absolute atomic E-state index is 0.582. The van der Waals surface area contributed by atoms with E-state index in [1.165, 1.54) is 77.4 Å². The largest absolute Gasteiger partial charge is 0.319 e. The van der Waals surface area contributed by atoms with Crippen LogP contribution >= 0.6 is 0 Å². The highest BCUT2D eigenvalue weighted by atomic mass is 15.1. The van der Waals surface area contributed by atoms with Crippen molar-refractivity contribution in [2.75, 3.05) is 33.7 Å². The Labute approximate surface area is 114 Å². The van der Waals surface area contributed by atoms with E-state index in [1.54, 1.807) is 0 Å². The van der Waals surface area contributed by atoms with Gasteiger partial charge in [0.25, 0.3) is 0 Å². The Morgan fingerprint density at radius 3 is 2.33 bits per heavy atom. The Morgan fingerprint density at radius 2 is 1.72 bits per heavy atom. The first-order valence-corrected chi connectivity index (χ1v) is 8.07. The van der Waals surface area contributed by atoms with Gasteiger partial charge in [-0.2, -0.15) is 0 Å². The first kappa shape index (κ1) is 14.3. The van der Waals surface area contributed by atoms with Gasteiger partial charge in [-0.15, -0.1) is 0 Å². The smallest absolute Gasteiger partial charge is 0.00472 e. The summed E-state index contributed by atoms with van der Waals surface area (Å²) in [6.07, 6.45) is 13.1. The predicted octanol–water partition coefficient (Wildman–Crippen LogP) is 3.28. The molecular weight excluding hydrogens is 220 g/mol. The molecule has 0 aromatic heterocycles. The van der Waals surface area contributed by atoms with Gasteiger partial charge in [-0.05, 0) is 51.1 Å². The summed E-state index contributed by atoms with van der Waals surface area (Å²) >= 11 is 0. The van der Waals surface area contributed by atoms with Crippen molar-refractivity contribution < 1.29 is 0 Å². The number of rotatable bonds is 6. The van der Waals surface area contributed by atoms with E-state index in [-0.39, 0.29) is 0 Å². The Kier molecular flexibility index (Phi) is 5.50. The molecule has 0 aromatic carbocycles. The lowest BCUT2D eigenvalue weighted by Gasteiger charge is -2.35. The lowest BCUT2D eigenvalue weighted by molar-refractivity contribution is 0.147. The van der Waals surface area contributed by atoms with Crippen molar-refractivity contribution in [1.29, 1.82) is 0 Å². The van der Waals surface area contributed by atoms with Crippen LogP contribution in [0.15, 0.2) is 0 Å². The van der Waals surface area contributed by atoms with Crippen LogP contribution < -0.4 is 5.32 Å². The number of hydrogen-bond donors (Lipinski definition) is 1. The molecule has 0 amide bonds. The van der Waals surface area contributed by atoms with E-state index in [9.17, 15) is 0 Å². The maximum absolute atomic E-state index is 3.43. The van der Waals surface area contributed by atoms with Gasteiger partial charge in [0.2, 0.25) is 0 Å². The normalized spacial score (nSPS) is 24.8. The van der Waals surface area contributed by atoms with Crippen molar-refractivity contribution in [3.8, 4) is 0 Å². The van der Waals surface area contributed by atoms with Gasteiger partial charge in [0.05, 0.1) is 0 Å². The third-order valence-electron chi connectivity index (χ3n) is 5.12. The molecule has 0 bridgehead atoms. The second-order valence-corrected chi connectivity index (χ2v) is 6.94. The quantitative estimate of drug-likeness (QED) is 0.780. The molecule has 2 aliphatic rings. The van der Waals surface area contributed by atoms with Crippen LogP contribution in [0.5, 0.6) is 0 Å². The van der Waals surface area contributed by atoms with Crippen LogP contribution in [0.3, 0.4) is 0 Å². The first-order chi connectivity index (χ1) is 8.74. The van der Waals surface area contributed by atoms with Crippen molar-refractivity contribution in [3.63, 3.8) is 0 Å². The molecular formula is C16H32N2. The zero-order valence-electron chi connectivity index (χ0n) is 12.5. The summed E-state index contributed by atoms with van der Waals surface area (Å²) in [6.45, 7) is 3.86. The molecule has 106 valence electrons. The maximum atomic E-state index is 3.43. The molecule has 2 nitrogen and oxygen atoms in total. The molecule has 0 atom stereocenters. The molecule has 0 aromatic rings. The van der Waals surface area contributed by atoms with Crippen molar-refractivity contribution in [2.45, 2.75) is 57.8 Å². The Balaban J connectivity index is 1.78. The molecule has 0 unspecified atom stereocenters. The molecule has 0 spiro atoms. The molecule has 2 rings (SSSR count). The van der Waals surface area contributed by atoms with Crippen molar-refractivity contribution in [1.82, 2.24) is 10.2 Å². The molecule has 2 heteroatoms. The molecule has 0 heterocycles. The van der Waals surface area contributed by atoms with Gasteiger partial charge in [-0.25, -0.2) is 0 Å². The van der Waals surface area contributed by atoms with Crippen LogP contribution in [0.25, 0.3) is 0 Å². The fourth-order valence-electron chi connectivity index (χ4n) is 4.34. The average Bonchev–Trinajstić information content (AvgIpc) is 2.79. The van der Waals surface area contributed by atoms with E-state index in [2.05, 4.69) is 24.3 Å². The highest BCUT2D eigenvalue weighted by Gasteiger charge is 2.34. The summed E-state index contributed by atoms with van der Waals surface area (Å²) < 4.78 is 0. The summed E-state index contributed by atoms with van der Waals surface area (Å²) in [6, 6.07) is 0. The summed E-state index contributed by atoms with van der Waals surface area (Å²) in [7, 11) is 4.46. The molecule has 1 N–H and O–H groups in total. The summed E-state index contributed by atoms with van der Waals surface area (Å²) in [5, 5.41) is 3.43. The molecule has 0 saturated heterocycles. The highest BCUT2D eigenvalue weighted by molar-refractivity contribution is 4.89. The van der Waals surface area contributed by atoms with Gasteiger partial charge in [0, 0.05) is 19.6 Å². The van der Waals surface area contributed by atoms with Gasteiger partial charge in [-0.1, -0.05) is 32.1 Å². The van der Waals surface area contributed by atoms with Crippen LogP contribution in [0.4, 0.5) is 0 Å². The van der Waals surface area contributed by atoms with Crippen molar-refractivity contribution in [3.05, 3.63) is 0 Å². The van der Waals surface area contributed by atoms with E-state index in [0.29, 0.717) is 5.41 Å². The fourth-order valence-corrected chi connectivity index (χ4v) is 4.34. The number of hydrogen-bond acceptors (Lipinski definition) is 2. The second kappa shape index (κ2) is 6.91. The van der Waals surface area contributed by atoms with Gasteiger partial charge >= 0.3 is 0 Å². The van der Waals surface area contributed by atoms with Crippen LogP contribution in [-0.2, 0) is 0 Å². The number of nitrogens with zero attached hydrogens (tertiary/aromatic N) is 1. The van der Waals surface area contributed by atoms with E-state index >= 15 is 0 Å². The molecule has 0 radical (unpaired) electrons.